The lowest BCUT2D eigenvalue weighted by Crippen LogP contribution is -2.16. The second-order valence-corrected chi connectivity index (χ2v) is 17.4. The van der Waals surface area contributed by atoms with Gasteiger partial charge in [-0.05, 0) is 107 Å². The zero-order valence-corrected chi connectivity index (χ0v) is 35.0. The third kappa shape index (κ3) is 7.74. The average molecular weight is 855 g/mol. The van der Waals surface area contributed by atoms with E-state index in [0.29, 0.717) is 55.2 Å². The molecule has 0 aliphatic carbocycles. The predicted octanol–water partition coefficient (Wildman–Crippen LogP) is 15.0. The molecule has 0 N–H and O–H groups in total. The Balaban J connectivity index is 1.25. The van der Waals surface area contributed by atoms with Gasteiger partial charge in [-0.1, -0.05) is 133 Å². The molecule has 0 fully saturated rings. The summed E-state index contributed by atoms with van der Waals surface area (Å²) in [6.45, 7) is 0. The van der Waals surface area contributed by atoms with E-state index in [4.69, 9.17) is 22.8 Å². The monoisotopic (exact) mass is 854 g/mol. The molecule has 0 spiro atoms. The van der Waals surface area contributed by atoms with Crippen LogP contribution in [-0.4, -0.2) is 5.97 Å². The highest BCUT2D eigenvalue weighted by Crippen LogP contribution is 2.70. The van der Waals surface area contributed by atoms with Crippen LogP contribution in [0.15, 0.2) is 254 Å². The second kappa shape index (κ2) is 17.6. The van der Waals surface area contributed by atoms with E-state index >= 15 is 4.79 Å². The zero-order chi connectivity index (χ0) is 43.3. The van der Waals surface area contributed by atoms with Gasteiger partial charge >= 0.3 is 5.97 Å². The molecule has 10 rings (SSSR count). The maximum atomic E-state index is 15.9. The fourth-order valence-corrected chi connectivity index (χ4v) is 10.7. The van der Waals surface area contributed by atoms with Gasteiger partial charge in [0.15, 0.2) is 11.5 Å². The second-order valence-electron chi connectivity index (χ2n) is 14.7. The molecule has 0 aliphatic rings. The Morgan fingerprint density at radius 1 is 0.422 bits per heavy atom. The smallest absolute Gasteiger partial charge is 0.350 e. The van der Waals surface area contributed by atoms with Crippen LogP contribution in [0.5, 0.6) is 34.5 Å². The van der Waals surface area contributed by atoms with Crippen LogP contribution < -0.4 is 19.6 Å². The quantitative estimate of drug-likeness (QED) is 0.113. The molecule has 0 unspecified atom stereocenters. The molecule has 0 atom stereocenters. The molecule has 0 bridgehead atoms. The van der Waals surface area contributed by atoms with Gasteiger partial charge < -0.3 is 22.8 Å². The van der Waals surface area contributed by atoms with E-state index in [9.17, 15) is 4.79 Å². The van der Waals surface area contributed by atoms with Crippen LogP contribution in [0.1, 0.15) is 10.4 Å². The molecule has 10 aromatic rings. The van der Waals surface area contributed by atoms with Crippen molar-refractivity contribution in [3.05, 3.63) is 246 Å². The van der Waals surface area contributed by atoms with Gasteiger partial charge in [0, 0.05) is 26.3 Å². The Hall–Kier alpha value is -8.33. The molecule has 1 heterocycles. The van der Waals surface area contributed by atoms with E-state index in [-0.39, 0.29) is 28.2 Å². The van der Waals surface area contributed by atoms with E-state index in [2.05, 4.69) is 0 Å². The topological polar surface area (TPSA) is 84.2 Å². The van der Waals surface area contributed by atoms with Crippen LogP contribution in [0.4, 0.5) is 0 Å². The lowest BCUT2D eigenvalue weighted by atomic mass is 9.97. The number of ether oxygens (including phenoxy) is 3. The van der Waals surface area contributed by atoms with Gasteiger partial charge in [-0.25, -0.2) is 4.79 Å². The number of para-hydroxylation sites is 4. The molecule has 7 nitrogen and oxygen atoms in total. The zero-order valence-electron chi connectivity index (χ0n) is 34.2. The Morgan fingerprint density at radius 3 is 1.47 bits per heavy atom. The van der Waals surface area contributed by atoms with Crippen LogP contribution in [0.25, 0.3) is 33.1 Å². The molecule has 0 saturated carbocycles. The molecule has 0 amide bonds. The Bertz CT molecular complexity index is 3250. The minimum absolute atomic E-state index is 0.151. The summed E-state index contributed by atoms with van der Waals surface area (Å²) < 4.78 is 33.8. The number of fused-ring (bicyclic) bond motifs is 2. The van der Waals surface area contributed by atoms with Crippen molar-refractivity contribution in [2.75, 3.05) is 0 Å². The van der Waals surface area contributed by atoms with E-state index in [0.717, 1.165) is 9.79 Å². The Kier molecular flexibility index (Phi) is 10.9. The number of hydrogen-bond acceptors (Lipinski definition) is 7. The van der Waals surface area contributed by atoms with Crippen LogP contribution in [0, 0.1) is 0 Å². The van der Waals surface area contributed by atoms with Crippen molar-refractivity contribution in [3.8, 4) is 45.6 Å². The number of carbonyl (C=O) groups is 1. The third-order valence-corrected chi connectivity index (χ3v) is 13.8. The summed E-state index contributed by atoms with van der Waals surface area (Å²) in [5.74, 6) is 1.55. The van der Waals surface area contributed by atoms with Crippen molar-refractivity contribution in [1.29, 1.82) is 0 Å². The molecular formula is C56H38O7S. The summed E-state index contributed by atoms with van der Waals surface area (Å²) in [4.78, 5) is 32.2. The van der Waals surface area contributed by atoms with Gasteiger partial charge in [0.2, 0.25) is 11.2 Å². The summed E-state index contributed by atoms with van der Waals surface area (Å²) in [5.41, 5.74) is 1.95. The predicted molar refractivity (Wildman–Crippen MR) is 252 cm³/mol. The van der Waals surface area contributed by atoms with E-state index < -0.39 is 16.3 Å². The minimum Gasteiger partial charge on any atom is -0.456 e. The minimum atomic E-state index is -2.99. The molecule has 0 radical (unpaired) electrons. The molecule has 1 aromatic heterocycles. The highest BCUT2D eigenvalue weighted by Gasteiger charge is 2.39. The molecule has 0 saturated heterocycles. The number of benzene rings is 9. The maximum absolute atomic E-state index is 15.9. The molecular weight excluding hydrogens is 817 g/mol. The normalized spacial score (nSPS) is 11.5. The number of carbonyl (C=O) groups excluding carboxylic acids is 1. The lowest BCUT2D eigenvalue weighted by Gasteiger charge is -2.40. The Labute approximate surface area is 370 Å². The Morgan fingerprint density at radius 2 is 0.891 bits per heavy atom. The number of rotatable bonds is 12. The van der Waals surface area contributed by atoms with Gasteiger partial charge in [0.05, 0.1) is 16.3 Å². The summed E-state index contributed by atoms with van der Waals surface area (Å²) in [6.07, 6.45) is 0. The highest BCUT2D eigenvalue weighted by atomic mass is 32.3. The molecule has 9 aromatic carbocycles. The first-order valence-corrected chi connectivity index (χ1v) is 22.2. The van der Waals surface area contributed by atoms with Gasteiger partial charge in [-0.15, -0.1) is 0 Å². The van der Waals surface area contributed by atoms with Crippen molar-refractivity contribution in [2.45, 2.75) is 14.7 Å². The number of hydrogen-bond donors (Lipinski definition) is 0. The van der Waals surface area contributed by atoms with E-state index in [1.807, 2.05) is 200 Å². The van der Waals surface area contributed by atoms with Crippen LogP contribution >= 0.6 is 10.3 Å². The first-order chi connectivity index (χ1) is 31.5. The van der Waals surface area contributed by atoms with Crippen LogP contribution in [0.2, 0.25) is 0 Å². The fourth-order valence-electron chi connectivity index (χ4n) is 7.66. The van der Waals surface area contributed by atoms with E-state index in [1.54, 1.807) is 30.3 Å². The van der Waals surface area contributed by atoms with Gasteiger partial charge in [0.1, 0.15) is 28.4 Å². The van der Waals surface area contributed by atoms with Crippen molar-refractivity contribution in [3.63, 3.8) is 0 Å². The summed E-state index contributed by atoms with van der Waals surface area (Å²) in [5, 5.41) is 0.812. The molecule has 64 heavy (non-hydrogen) atoms. The average Bonchev–Trinajstić information content (AvgIpc) is 3.36. The van der Waals surface area contributed by atoms with Crippen LogP contribution in [-0.2, 0) is 4.18 Å². The van der Waals surface area contributed by atoms with E-state index in [1.165, 1.54) is 0 Å². The van der Waals surface area contributed by atoms with Crippen molar-refractivity contribution in [1.82, 2.24) is 0 Å². The van der Waals surface area contributed by atoms with Gasteiger partial charge in [0.25, 0.3) is 0 Å². The summed E-state index contributed by atoms with van der Waals surface area (Å²) in [7, 11) is -2.99. The van der Waals surface area contributed by atoms with Crippen LogP contribution in [0.3, 0.4) is 0 Å². The first kappa shape index (κ1) is 39.8. The molecule has 310 valence electrons. The highest BCUT2D eigenvalue weighted by molar-refractivity contribution is 8.30. The van der Waals surface area contributed by atoms with Gasteiger partial charge in [-0.3, -0.25) is 4.79 Å². The first-order valence-electron chi connectivity index (χ1n) is 20.6. The standard InChI is InChI=1S/C56H38O7S/c57-53-46-33-19-20-34-49(46)62-50-36-35-45(37-47(50)53)64(43-29-15-5-16-30-43,44-31-17-6-18-32-44)63-56(58)48-38-51(59-40-23-9-2-10-24-40)54(60-41-25-11-3-12-26-41)55(61-42-27-13-4-14-28-42)52(48)39-21-7-1-8-22-39/h1-38H. The lowest BCUT2D eigenvalue weighted by molar-refractivity contribution is 0.0757. The maximum Gasteiger partial charge on any atom is 0.350 e. The fraction of sp³-hybridized carbons (Fsp3) is 0. The van der Waals surface area contributed by atoms with Crippen molar-refractivity contribution >= 4 is 38.2 Å². The third-order valence-electron chi connectivity index (χ3n) is 10.6. The summed E-state index contributed by atoms with van der Waals surface area (Å²) in [6, 6.07) is 71.1. The molecule has 0 aliphatic heterocycles. The SMILES string of the molecule is O=C(OS(c1ccccc1)(c1ccccc1)c1ccc2oc3ccccc3c(=O)c2c1)c1cc(Oc2ccccc2)c(Oc2ccccc2)c(Oc2ccccc2)c1-c1ccccc1. The van der Waals surface area contributed by atoms with Crippen molar-refractivity contribution in [2.24, 2.45) is 0 Å². The largest absolute Gasteiger partial charge is 0.456 e. The molecule has 8 heteroatoms. The summed E-state index contributed by atoms with van der Waals surface area (Å²) >= 11 is 0. The van der Waals surface area contributed by atoms with Gasteiger partial charge in [-0.2, -0.15) is 0 Å². The van der Waals surface area contributed by atoms with Crippen molar-refractivity contribution < 1.29 is 27.6 Å².